The summed E-state index contributed by atoms with van der Waals surface area (Å²) < 4.78 is 0. The van der Waals surface area contributed by atoms with Crippen LogP contribution >= 0.6 is 0 Å². The van der Waals surface area contributed by atoms with E-state index in [-0.39, 0.29) is 0 Å². The molecule has 1 aliphatic carbocycles. The van der Waals surface area contributed by atoms with E-state index >= 15 is 0 Å². The second-order valence-electron chi connectivity index (χ2n) is 6.37. The normalized spacial score (nSPS) is 37.2. The van der Waals surface area contributed by atoms with Gasteiger partial charge in [0.1, 0.15) is 0 Å². The van der Waals surface area contributed by atoms with E-state index < -0.39 is 5.60 Å². The first kappa shape index (κ1) is 13.3. The maximum atomic E-state index is 10.5. The molecule has 2 aliphatic rings. The Morgan fingerprint density at radius 1 is 1.18 bits per heavy atom. The van der Waals surface area contributed by atoms with Crippen molar-refractivity contribution in [2.24, 2.45) is 5.92 Å². The number of hydrogen-bond acceptors (Lipinski definition) is 3. The molecule has 0 spiro atoms. The van der Waals surface area contributed by atoms with Gasteiger partial charge in [0, 0.05) is 12.6 Å². The smallest absolute Gasteiger partial charge is 0.0771 e. The van der Waals surface area contributed by atoms with Gasteiger partial charge in [-0.3, -0.25) is 0 Å². The summed E-state index contributed by atoms with van der Waals surface area (Å²) in [5.74, 6) is 0.804. The van der Waals surface area contributed by atoms with E-state index in [2.05, 4.69) is 24.2 Å². The first-order chi connectivity index (χ1) is 8.07. The van der Waals surface area contributed by atoms with Crippen molar-refractivity contribution in [2.75, 3.05) is 26.7 Å². The molecule has 0 bridgehead atoms. The van der Waals surface area contributed by atoms with Crippen LogP contribution in [0.15, 0.2) is 0 Å². The van der Waals surface area contributed by atoms with Gasteiger partial charge in [-0.15, -0.1) is 0 Å². The number of piperidine rings is 1. The zero-order valence-electron chi connectivity index (χ0n) is 11.4. The Morgan fingerprint density at radius 2 is 1.76 bits per heavy atom. The van der Waals surface area contributed by atoms with Crippen molar-refractivity contribution in [2.45, 2.75) is 57.1 Å². The standard InChI is InChI=1S/C14H28N2O/c1-12-3-7-14(17,8-4-12)11-15-13-5-9-16(2)10-6-13/h12-13,15,17H,3-11H2,1-2H3. The summed E-state index contributed by atoms with van der Waals surface area (Å²) in [5.41, 5.74) is -0.421. The molecule has 1 heterocycles. The maximum absolute atomic E-state index is 10.5. The SMILES string of the molecule is CC1CCC(O)(CNC2CCN(C)CC2)CC1. The molecular formula is C14H28N2O. The fourth-order valence-electron chi connectivity index (χ4n) is 3.02. The molecule has 17 heavy (non-hydrogen) atoms. The van der Waals surface area contributed by atoms with Gasteiger partial charge in [0.25, 0.3) is 0 Å². The number of aliphatic hydroxyl groups is 1. The van der Waals surface area contributed by atoms with Gasteiger partial charge in [-0.2, -0.15) is 0 Å². The molecule has 2 rings (SSSR count). The summed E-state index contributed by atoms with van der Waals surface area (Å²) in [6.45, 7) is 5.47. The lowest BCUT2D eigenvalue weighted by Gasteiger charge is -2.37. The van der Waals surface area contributed by atoms with E-state index in [1.54, 1.807) is 0 Å². The van der Waals surface area contributed by atoms with Crippen molar-refractivity contribution in [3.05, 3.63) is 0 Å². The number of hydrogen-bond donors (Lipinski definition) is 2. The topological polar surface area (TPSA) is 35.5 Å². The molecule has 3 nitrogen and oxygen atoms in total. The lowest BCUT2D eigenvalue weighted by Crippen LogP contribution is -2.49. The highest BCUT2D eigenvalue weighted by molar-refractivity contribution is 4.88. The summed E-state index contributed by atoms with van der Waals surface area (Å²) in [6.07, 6.45) is 6.78. The second-order valence-corrected chi connectivity index (χ2v) is 6.37. The molecule has 0 aromatic rings. The first-order valence-corrected chi connectivity index (χ1v) is 7.22. The average molecular weight is 240 g/mol. The van der Waals surface area contributed by atoms with Gasteiger partial charge in [-0.05, 0) is 64.6 Å². The lowest BCUT2D eigenvalue weighted by molar-refractivity contribution is -0.00957. The molecule has 0 radical (unpaired) electrons. The van der Waals surface area contributed by atoms with Gasteiger partial charge in [0.2, 0.25) is 0 Å². The molecule has 1 saturated carbocycles. The predicted octanol–water partition coefficient (Wildman–Crippen LogP) is 1.61. The van der Waals surface area contributed by atoms with Crippen molar-refractivity contribution in [1.82, 2.24) is 10.2 Å². The number of nitrogens with zero attached hydrogens (tertiary/aromatic N) is 1. The molecule has 3 heteroatoms. The Kier molecular flexibility index (Phi) is 4.45. The minimum atomic E-state index is -0.421. The van der Waals surface area contributed by atoms with Crippen LogP contribution in [0.4, 0.5) is 0 Å². The Balaban J connectivity index is 1.70. The van der Waals surface area contributed by atoms with Crippen LogP contribution in [0.1, 0.15) is 45.4 Å². The summed E-state index contributed by atoms with van der Waals surface area (Å²) in [6, 6.07) is 0.620. The van der Waals surface area contributed by atoms with Crippen LogP contribution in [-0.4, -0.2) is 48.3 Å². The summed E-state index contributed by atoms with van der Waals surface area (Å²) in [7, 11) is 2.19. The monoisotopic (exact) mass is 240 g/mol. The van der Waals surface area contributed by atoms with Crippen LogP contribution in [-0.2, 0) is 0 Å². The molecule has 0 aromatic heterocycles. The van der Waals surface area contributed by atoms with E-state index in [4.69, 9.17) is 0 Å². The van der Waals surface area contributed by atoms with Gasteiger partial charge in [0.15, 0.2) is 0 Å². The third kappa shape index (κ3) is 3.94. The van der Waals surface area contributed by atoms with Crippen molar-refractivity contribution < 1.29 is 5.11 Å². The molecule has 1 aliphatic heterocycles. The molecule has 0 amide bonds. The maximum Gasteiger partial charge on any atom is 0.0771 e. The summed E-state index contributed by atoms with van der Waals surface area (Å²) in [5, 5.41) is 14.1. The highest BCUT2D eigenvalue weighted by Crippen LogP contribution is 2.31. The van der Waals surface area contributed by atoms with Gasteiger partial charge in [0.05, 0.1) is 5.60 Å². The summed E-state index contributed by atoms with van der Waals surface area (Å²) >= 11 is 0. The molecular weight excluding hydrogens is 212 g/mol. The van der Waals surface area contributed by atoms with Crippen molar-refractivity contribution in [3.63, 3.8) is 0 Å². The average Bonchev–Trinajstić information content (AvgIpc) is 2.33. The first-order valence-electron chi connectivity index (χ1n) is 7.22. The second kappa shape index (κ2) is 5.68. The number of likely N-dealkylation sites (tertiary alicyclic amines) is 1. The zero-order chi connectivity index (χ0) is 12.3. The van der Waals surface area contributed by atoms with E-state index in [1.165, 1.54) is 38.8 Å². The molecule has 100 valence electrons. The Morgan fingerprint density at radius 3 is 2.35 bits per heavy atom. The molecule has 2 N–H and O–H groups in total. The van der Waals surface area contributed by atoms with Gasteiger partial charge < -0.3 is 15.3 Å². The van der Waals surface area contributed by atoms with Gasteiger partial charge in [-0.25, -0.2) is 0 Å². The van der Waals surface area contributed by atoms with Crippen LogP contribution in [0.25, 0.3) is 0 Å². The van der Waals surface area contributed by atoms with Crippen LogP contribution in [0.2, 0.25) is 0 Å². The van der Waals surface area contributed by atoms with Crippen LogP contribution in [0, 0.1) is 5.92 Å². The third-order valence-corrected chi connectivity index (χ3v) is 4.64. The van der Waals surface area contributed by atoms with Gasteiger partial charge >= 0.3 is 0 Å². The van der Waals surface area contributed by atoms with E-state index in [0.29, 0.717) is 6.04 Å². The van der Waals surface area contributed by atoms with Gasteiger partial charge in [-0.1, -0.05) is 6.92 Å². The Labute approximate surface area is 106 Å². The summed E-state index contributed by atoms with van der Waals surface area (Å²) in [4.78, 5) is 2.38. The van der Waals surface area contributed by atoms with Crippen LogP contribution in [0.5, 0.6) is 0 Å². The lowest BCUT2D eigenvalue weighted by atomic mass is 9.79. The minimum Gasteiger partial charge on any atom is -0.389 e. The molecule has 0 aromatic carbocycles. The van der Waals surface area contributed by atoms with E-state index in [1.807, 2.05) is 0 Å². The Bertz CT molecular complexity index is 228. The van der Waals surface area contributed by atoms with E-state index in [9.17, 15) is 5.11 Å². The zero-order valence-corrected chi connectivity index (χ0v) is 11.4. The quantitative estimate of drug-likeness (QED) is 0.787. The third-order valence-electron chi connectivity index (χ3n) is 4.64. The number of rotatable bonds is 3. The minimum absolute atomic E-state index is 0.421. The van der Waals surface area contributed by atoms with E-state index in [0.717, 1.165) is 25.3 Å². The molecule has 2 fully saturated rings. The van der Waals surface area contributed by atoms with Crippen molar-refractivity contribution >= 4 is 0 Å². The highest BCUT2D eigenvalue weighted by atomic mass is 16.3. The fourth-order valence-corrected chi connectivity index (χ4v) is 3.02. The largest absolute Gasteiger partial charge is 0.389 e. The number of nitrogens with one attached hydrogen (secondary N) is 1. The Hall–Kier alpha value is -0.120. The van der Waals surface area contributed by atoms with Crippen LogP contribution in [0.3, 0.4) is 0 Å². The van der Waals surface area contributed by atoms with Crippen molar-refractivity contribution in [3.8, 4) is 0 Å². The molecule has 0 unspecified atom stereocenters. The highest BCUT2D eigenvalue weighted by Gasteiger charge is 2.32. The molecule has 1 saturated heterocycles. The molecule has 0 atom stereocenters. The fraction of sp³-hybridized carbons (Fsp3) is 1.00. The predicted molar refractivity (Wildman–Crippen MR) is 71.1 cm³/mol. The van der Waals surface area contributed by atoms with Crippen molar-refractivity contribution in [1.29, 1.82) is 0 Å². The van der Waals surface area contributed by atoms with Crippen LogP contribution < -0.4 is 5.32 Å².